The average Bonchev–Trinajstić information content (AvgIpc) is 2.39. The summed E-state index contributed by atoms with van der Waals surface area (Å²) in [7, 11) is -2.59. The van der Waals surface area contributed by atoms with E-state index in [9.17, 15) is 44.3 Å². The molecule has 0 rings (SSSR count). The first-order valence-corrected chi connectivity index (χ1v) is 9.60. The van der Waals surface area contributed by atoms with Crippen LogP contribution in [-0.2, 0) is 4.74 Å². The summed E-state index contributed by atoms with van der Waals surface area (Å²) in [5.41, 5.74) is 0. The second-order valence-electron chi connectivity index (χ2n) is 5.53. The molecule has 12 heteroatoms. The molecule has 0 saturated heterocycles. The zero-order valence-corrected chi connectivity index (χ0v) is 13.2. The smallest absolute Gasteiger partial charge is 0.367 e. The van der Waals surface area contributed by atoms with Crippen LogP contribution < -0.4 is 0 Å². The minimum absolute atomic E-state index is 0.0886. The lowest BCUT2D eigenvalue weighted by Crippen LogP contribution is -2.57. The van der Waals surface area contributed by atoms with E-state index in [0.29, 0.717) is 0 Å². The maximum Gasteiger partial charge on any atom is 0.367 e. The van der Waals surface area contributed by atoms with Crippen LogP contribution in [0.25, 0.3) is 0 Å². The Morgan fingerprint density at radius 2 is 1.43 bits per heavy atom. The van der Waals surface area contributed by atoms with E-state index >= 15 is 0 Å². The lowest BCUT2D eigenvalue weighted by Gasteiger charge is -2.32. The summed E-state index contributed by atoms with van der Waals surface area (Å²) < 4.78 is 119. The van der Waals surface area contributed by atoms with Crippen molar-refractivity contribution >= 4 is 8.32 Å². The molecule has 3 unspecified atom stereocenters. The van der Waals surface area contributed by atoms with E-state index < -0.39 is 51.9 Å². The number of hydrogen-bond acceptors (Lipinski definition) is 2. The molecule has 0 amide bonds. The molecule has 0 radical (unpaired) electrons. The standard InChI is InChI=1S/C11H17F9O2Si/c1-23(2,21)5-3-4-22-9(16)11(19,20)10(17,18)7(13)6(12)8(14)15/h6-9,21H,3-5H2,1-2H3. The molecule has 0 saturated carbocycles. The predicted octanol–water partition coefficient (Wildman–Crippen LogP) is 4.10. The number of hydrogen-bond donors (Lipinski definition) is 1. The van der Waals surface area contributed by atoms with Crippen molar-refractivity contribution in [1.29, 1.82) is 0 Å². The lowest BCUT2D eigenvalue weighted by molar-refractivity contribution is -0.318. The van der Waals surface area contributed by atoms with Crippen LogP contribution in [0.5, 0.6) is 0 Å². The van der Waals surface area contributed by atoms with Crippen LogP contribution in [0.3, 0.4) is 0 Å². The van der Waals surface area contributed by atoms with Crippen LogP contribution >= 0.6 is 0 Å². The van der Waals surface area contributed by atoms with E-state index in [1.165, 1.54) is 13.1 Å². The zero-order valence-electron chi connectivity index (χ0n) is 12.2. The quantitative estimate of drug-likeness (QED) is 0.351. The highest BCUT2D eigenvalue weighted by atomic mass is 28.4. The Bertz CT molecular complexity index is 362. The van der Waals surface area contributed by atoms with Crippen LogP contribution in [0.4, 0.5) is 39.5 Å². The Morgan fingerprint density at radius 1 is 0.957 bits per heavy atom. The van der Waals surface area contributed by atoms with Gasteiger partial charge in [-0.15, -0.1) is 0 Å². The molecule has 0 bridgehead atoms. The lowest BCUT2D eigenvalue weighted by atomic mass is 10.0. The molecule has 140 valence electrons. The number of halogens is 9. The molecule has 2 nitrogen and oxygen atoms in total. The highest BCUT2D eigenvalue weighted by molar-refractivity contribution is 6.69. The van der Waals surface area contributed by atoms with Crippen LogP contribution in [0.2, 0.25) is 19.1 Å². The molecule has 1 N–H and O–H groups in total. The van der Waals surface area contributed by atoms with Gasteiger partial charge < -0.3 is 9.53 Å². The number of alkyl halides is 9. The van der Waals surface area contributed by atoms with Crippen LogP contribution in [0.15, 0.2) is 0 Å². The molecule has 0 spiro atoms. The van der Waals surface area contributed by atoms with Crippen molar-refractivity contribution in [2.75, 3.05) is 6.61 Å². The molecule has 0 aliphatic carbocycles. The monoisotopic (exact) mass is 380 g/mol. The summed E-state index contributed by atoms with van der Waals surface area (Å²) in [6.45, 7) is 2.15. The average molecular weight is 380 g/mol. The third-order valence-corrected chi connectivity index (χ3v) is 4.37. The second kappa shape index (κ2) is 8.06. The number of ether oxygens (including phenoxy) is 1. The normalized spacial score (nSPS) is 18.1. The van der Waals surface area contributed by atoms with Gasteiger partial charge in [0.25, 0.3) is 12.8 Å². The van der Waals surface area contributed by atoms with Gasteiger partial charge in [-0.2, -0.15) is 17.6 Å². The fraction of sp³-hybridized carbons (Fsp3) is 1.00. The summed E-state index contributed by atoms with van der Waals surface area (Å²) in [4.78, 5) is 9.42. The molecule has 0 fully saturated rings. The fourth-order valence-corrected chi connectivity index (χ4v) is 2.47. The van der Waals surface area contributed by atoms with Crippen molar-refractivity contribution < 1.29 is 49.0 Å². The molecular formula is C11H17F9O2Si. The molecule has 0 heterocycles. The van der Waals surface area contributed by atoms with Gasteiger partial charge in [-0.05, 0) is 25.6 Å². The topological polar surface area (TPSA) is 29.5 Å². The summed E-state index contributed by atoms with van der Waals surface area (Å²) in [5, 5.41) is 0. The first-order valence-electron chi connectivity index (χ1n) is 6.44. The molecule has 0 aromatic carbocycles. The molecule has 3 atom stereocenters. The van der Waals surface area contributed by atoms with Crippen LogP contribution in [0, 0.1) is 0 Å². The van der Waals surface area contributed by atoms with Gasteiger partial charge in [-0.25, -0.2) is 22.0 Å². The largest absolute Gasteiger partial charge is 0.432 e. The van der Waals surface area contributed by atoms with Crippen molar-refractivity contribution in [1.82, 2.24) is 0 Å². The van der Waals surface area contributed by atoms with Gasteiger partial charge in [0.15, 0.2) is 14.5 Å². The maximum atomic E-state index is 13.2. The van der Waals surface area contributed by atoms with Crippen molar-refractivity contribution in [2.45, 2.75) is 62.5 Å². The molecular weight excluding hydrogens is 363 g/mol. The Labute approximate surface area is 127 Å². The van der Waals surface area contributed by atoms with Gasteiger partial charge in [0.2, 0.25) is 6.17 Å². The van der Waals surface area contributed by atoms with E-state index in [4.69, 9.17) is 0 Å². The Kier molecular flexibility index (Phi) is 7.88. The van der Waals surface area contributed by atoms with Gasteiger partial charge in [0.05, 0.1) is 6.61 Å². The Balaban J connectivity index is 4.80. The van der Waals surface area contributed by atoms with Crippen LogP contribution in [0.1, 0.15) is 6.42 Å². The Morgan fingerprint density at radius 3 is 1.83 bits per heavy atom. The van der Waals surface area contributed by atoms with Gasteiger partial charge >= 0.3 is 11.8 Å². The minimum atomic E-state index is -6.03. The molecule has 0 aliphatic heterocycles. The van der Waals surface area contributed by atoms with E-state index in [0.717, 1.165) is 0 Å². The van der Waals surface area contributed by atoms with E-state index in [1.807, 2.05) is 0 Å². The van der Waals surface area contributed by atoms with Gasteiger partial charge in [0, 0.05) is 0 Å². The van der Waals surface area contributed by atoms with Crippen molar-refractivity contribution in [2.24, 2.45) is 0 Å². The number of rotatable bonds is 10. The third-order valence-electron chi connectivity index (χ3n) is 2.79. The summed E-state index contributed by atoms with van der Waals surface area (Å²) >= 11 is 0. The fourth-order valence-electron chi connectivity index (χ4n) is 1.46. The molecule has 0 aliphatic rings. The Hall–Kier alpha value is -0.493. The third kappa shape index (κ3) is 6.14. The SMILES string of the molecule is C[Si](C)(O)CCCOC(F)C(F)(F)C(F)(F)C(F)C(F)C(F)F. The maximum absolute atomic E-state index is 13.2. The molecule has 0 aromatic rings. The van der Waals surface area contributed by atoms with E-state index in [2.05, 4.69) is 4.74 Å². The molecule has 23 heavy (non-hydrogen) atoms. The van der Waals surface area contributed by atoms with Crippen molar-refractivity contribution in [3.8, 4) is 0 Å². The zero-order chi connectivity index (χ0) is 18.6. The summed E-state index contributed by atoms with van der Waals surface area (Å²) in [5.74, 6) is -11.9. The minimum Gasteiger partial charge on any atom is -0.432 e. The van der Waals surface area contributed by atoms with E-state index in [-0.39, 0.29) is 12.5 Å². The predicted molar refractivity (Wildman–Crippen MR) is 65.7 cm³/mol. The van der Waals surface area contributed by atoms with Crippen molar-refractivity contribution in [3.05, 3.63) is 0 Å². The highest BCUT2D eigenvalue weighted by Crippen LogP contribution is 2.44. The summed E-state index contributed by atoms with van der Waals surface area (Å²) in [6, 6.07) is 0.0886. The summed E-state index contributed by atoms with van der Waals surface area (Å²) in [6.07, 6.45) is -17.3. The van der Waals surface area contributed by atoms with Gasteiger partial charge in [-0.3, -0.25) is 0 Å². The highest BCUT2D eigenvalue weighted by Gasteiger charge is 2.69. The first kappa shape index (κ1) is 22.5. The molecule has 0 aromatic heterocycles. The first-order chi connectivity index (χ1) is 10.1. The van der Waals surface area contributed by atoms with Gasteiger partial charge in [0.1, 0.15) is 0 Å². The van der Waals surface area contributed by atoms with Crippen LogP contribution in [-0.4, -0.2) is 56.7 Å². The van der Waals surface area contributed by atoms with Gasteiger partial charge in [-0.1, -0.05) is 0 Å². The van der Waals surface area contributed by atoms with Crippen molar-refractivity contribution in [3.63, 3.8) is 0 Å². The second-order valence-corrected chi connectivity index (χ2v) is 9.65. The van der Waals surface area contributed by atoms with E-state index in [1.54, 1.807) is 0 Å².